The SMILES string of the molecule is CC(C(=O)O)N(C)c1cc2c(cc1[N+](=O)[O-])CC(=O)N2. The number of hydrogen-bond donors (Lipinski definition) is 2. The van der Waals surface area contributed by atoms with Gasteiger partial charge in [0.05, 0.1) is 11.3 Å². The fourth-order valence-corrected chi connectivity index (χ4v) is 2.05. The molecule has 8 nitrogen and oxygen atoms in total. The van der Waals surface area contributed by atoms with Gasteiger partial charge in [-0.3, -0.25) is 14.9 Å². The Morgan fingerprint density at radius 1 is 1.55 bits per heavy atom. The summed E-state index contributed by atoms with van der Waals surface area (Å²) >= 11 is 0. The van der Waals surface area contributed by atoms with Gasteiger partial charge in [-0.15, -0.1) is 0 Å². The number of nitro groups is 1. The van der Waals surface area contributed by atoms with Crippen LogP contribution in [0.4, 0.5) is 17.1 Å². The second-order valence-corrected chi connectivity index (χ2v) is 4.61. The first-order valence-electron chi connectivity index (χ1n) is 5.88. The Bertz CT molecular complexity index is 613. The fourth-order valence-electron chi connectivity index (χ4n) is 2.05. The molecule has 1 aliphatic heterocycles. The molecule has 0 spiro atoms. The van der Waals surface area contributed by atoms with Crippen LogP contribution in [0.15, 0.2) is 12.1 Å². The van der Waals surface area contributed by atoms with Crippen molar-refractivity contribution in [2.75, 3.05) is 17.3 Å². The summed E-state index contributed by atoms with van der Waals surface area (Å²) in [4.78, 5) is 34.2. The van der Waals surface area contributed by atoms with Crippen molar-refractivity contribution in [3.05, 3.63) is 27.8 Å². The van der Waals surface area contributed by atoms with Gasteiger partial charge in [0.2, 0.25) is 5.91 Å². The fraction of sp³-hybridized carbons (Fsp3) is 0.333. The summed E-state index contributed by atoms with van der Waals surface area (Å²) in [6.45, 7) is 1.43. The highest BCUT2D eigenvalue weighted by Crippen LogP contribution is 2.36. The molecule has 0 aromatic heterocycles. The molecule has 0 aliphatic carbocycles. The van der Waals surface area contributed by atoms with Gasteiger partial charge in [0.1, 0.15) is 11.7 Å². The molecule has 1 aliphatic rings. The van der Waals surface area contributed by atoms with Crippen LogP contribution in [0.5, 0.6) is 0 Å². The number of benzene rings is 1. The molecule has 0 saturated carbocycles. The number of rotatable bonds is 4. The zero-order valence-corrected chi connectivity index (χ0v) is 10.9. The minimum absolute atomic E-state index is 0.0919. The minimum Gasteiger partial charge on any atom is -0.480 e. The monoisotopic (exact) mass is 279 g/mol. The van der Waals surface area contributed by atoms with E-state index in [0.717, 1.165) is 0 Å². The quantitative estimate of drug-likeness (QED) is 0.628. The van der Waals surface area contributed by atoms with E-state index < -0.39 is 16.9 Å². The van der Waals surface area contributed by atoms with Crippen molar-refractivity contribution < 1.29 is 19.6 Å². The number of aliphatic carboxylic acids is 1. The number of carboxylic acid groups (broad SMARTS) is 1. The van der Waals surface area contributed by atoms with Gasteiger partial charge < -0.3 is 15.3 Å². The summed E-state index contributed by atoms with van der Waals surface area (Å²) in [6, 6.07) is 1.83. The smallest absolute Gasteiger partial charge is 0.326 e. The van der Waals surface area contributed by atoms with Crippen molar-refractivity contribution in [3.8, 4) is 0 Å². The molecule has 0 fully saturated rings. The average Bonchev–Trinajstić information content (AvgIpc) is 2.74. The third-order valence-electron chi connectivity index (χ3n) is 3.34. The molecule has 0 bridgehead atoms. The van der Waals surface area contributed by atoms with Crippen LogP contribution in [0, 0.1) is 10.1 Å². The highest BCUT2D eigenvalue weighted by atomic mass is 16.6. The van der Waals surface area contributed by atoms with Gasteiger partial charge in [-0.1, -0.05) is 0 Å². The van der Waals surface area contributed by atoms with Crippen molar-refractivity contribution in [3.63, 3.8) is 0 Å². The van der Waals surface area contributed by atoms with E-state index in [1.165, 1.54) is 31.0 Å². The molecule has 1 atom stereocenters. The lowest BCUT2D eigenvalue weighted by molar-refractivity contribution is -0.384. The molecule has 1 heterocycles. The lowest BCUT2D eigenvalue weighted by atomic mass is 10.1. The number of nitrogens with zero attached hydrogens (tertiary/aromatic N) is 2. The molecule has 2 rings (SSSR count). The summed E-state index contributed by atoms with van der Waals surface area (Å²) in [5.41, 5.74) is 0.976. The Kier molecular flexibility index (Phi) is 3.31. The summed E-state index contributed by atoms with van der Waals surface area (Å²) in [5, 5.41) is 22.7. The number of fused-ring (bicyclic) bond motifs is 1. The number of amides is 1. The van der Waals surface area contributed by atoms with Crippen LogP contribution in [0.25, 0.3) is 0 Å². The zero-order valence-electron chi connectivity index (χ0n) is 10.9. The maximum Gasteiger partial charge on any atom is 0.326 e. The first-order valence-corrected chi connectivity index (χ1v) is 5.88. The van der Waals surface area contributed by atoms with Crippen LogP contribution in [-0.2, 0) is 16.0 Å². The second-order valence-electron chi connectivity index (χ2n) is 4.61. The minimum atomic E-state index is -1.09. The zero-order chi connectivity index (χ0) is 15.0. The van der Waals surface area contributed by atoms with Crippen molar-refractivity contribution >= 4 is 28.9 Å². The third-order valence-corrected chi connectivity index (χ3v) is 3.34. The van der Waals surface area contributed by atoms with Crippen LogP contribution >= 0.6 is 0 Å². The average molecular weight is 279 g/mol. The van der Waals surface area contributed by atoms with E-state index in [9.17, 15) is 19.7 Å². The number of carboxylic acids is 1. The molecule has 8 heteroatoms. The van der Waals surface area contributed by atoms with Gasteiger partial charge >= 0.3 is 5.97 Å². The molecule has 1 unspecified atom stereocenters. The Morgan fingerprint density at radius 2 is 2.20 bits per heavy atom. The van der Waals surface area contributed by atoms with Gasteiger partial charge in [-0.2, -0.15) is 0 Å². The van der Waals surface area contributed by atoms with Crippen molar-refractivity contribution in [1.29, 1.82) is 0 Å². The Labute approximate surface area is 114 Å². The number of nitrogens with one attached hydrogen (secondary N) is 1. The Hall–Kier alpha value is -2.64. The molecule has 1 amide bonds. The normalized spacial score (nSPS) is 14.4. The predicted molar refractivity (Wildman–Crippen MR) is 70.9 cm³/mol. The third kappa shape index (κ3) is 2.27. The van der Waals surface area contributed by atoms with E-state index in [1.54, 1.807) is 0 Å². The van der Waals surface area contributed by atoms with Crippen LogP contribution in [0.1, 0.15) is 12.5 Å². The first kappa shape index (κ1) is 13.8. The molecular formula is C12H13N3O5. The highest BCUT2D eigenvalue weighted by Gasteiger charge is 2.29. The van der Waals surface area contributed by atoms with Crippen LogP contribution in [0.2, 0.25) is 0 Å². The molecule has 2 N–H and O–H groups in total. The summed E-state index contributed by atoms with van der Waals surface area (Å²) in [6.07, 6.45) is 0.0919. The van der Waals surface area contributed by atoms with E-state index in [1.807, 2.05) is 0 Å². The Morgan fingerprint density at radius 3 is 2.75 bits per heavy atom. The number of likely N-dealkylation sites (N-methyl/N-ethyl adjacent to an activating group) is 1. The van der Waals surface area contributed by atoms with E-state index in [0.29, 0.717) is 11.3 Å². The van der Waals surface area contributed by atoms with Crippen molar-refractivity contribution in [2.24, 2.45) is 0 Å². The molecule has 20 heavy (non-hydrogen) atoms. The lowest BCUT2D eigenvalue weighted by Gasteiger charge is -2.23. The number of nitro benzene ring substituents is 1. The van der Waals surface area contributed by atoms with Gasteiger partial charge in [-0.25, -0.2) is 4.79 Å². The second kappa shape index (κ2) is 4.80. The van der Waals surface area contributed by atoms with Crippen molar-refractivity contribution in [1.82, 2.24) is 0 Å². The number of anilines is 2. The summed E-state index contributed by atoms with van der Waals surface area (Å²) in [5.74, 6) is -1.33. The molecule has 1 aromatic rings. The predicted octanol–water partition coefficient (Wildman–Crippen LogP) is 0.999. The first-order chi connectivity index (χ1) is 9.31. The van der Waals surface area contributed by atoms with Crippen molar-refractivity contribution in [2.45, 2.75) is 19.4 Å². The van der Waals surface area contributed by atoms with Gasteiger partial charge in [0.25, 0.3) is 5.69 Å². The summed E-state index contributed by atoms with van der Waals surface area (Å²) < 4.78 is 0. The number of carbonyl (C=O) groups is 2. The van der Waals surface area contributed by atoms with Crippen LogP contribution < -0.4 is 10.2 Å². The lowest BCUT2D eigenvalue weighted by Crippen LogP contribution is -2.36. The van der Waals surface area contributed by atoms with Crippen LogP contribution in [-0.4, -0.2) is 35.0 Å². The maximum atomic E-state index is 11.3. The summed E-state index contributed by atoms with van der Waals surface area (Å²) in [7, 11) is 1.46. The Balaban J connectivity index is 2.52. The van der Waals surface area contributed by atoms with E-state index in [2.05, 4.69) is 5.32 Å². The van der Waals surface area contributed by atoms with Crippen LogP contribution in [0.3, 0.4) is 0 Å². The van der Waals surface area contributed by atoms with Gasteiger partial charge in [0, 0.05) is 18.8 Å². The largest absolute Gasteiger partial charge is 0.480 e. The topological polar surface area (TPSA) is 113 Å². The molecular weight excluding hydrogens is 266 g/mol. The van der Waals surface area contributed by atoms with Gasteiger partial charge in [-0.05, 0) is 18.6 Å². The van der Waals surface area contributed by atoms with E-state index >= 15 is 0 Å². The molecule has 0 saturated heterocycles. The molecule has 106 valence electrons. The standard InChI is InChI=1S/C12H13N3O5/c1-6(12(17)18)14(2)9-5-8-7(4-11(16)13-8)3-10(9)15(19)20/h3,5-6H,4H2,1-2H3,(H,13,16)(H,17,18). The highest BCUT2D eigenvalue weighted by molar-refractivity contribution is 6.00. The number of hydrogen-bond acceptors (Lipinski definition) is 5. The molecule has 0 radical (unpaired) electrons. The van der Waals surface area contributed by atoms with E-state index in [-0.39, 0.29) is 23.7 Å². The maximum absolute atomic E-state index is 11.3. The van der Waals surface area contributed by atoms with E-state index in [4.69, 9.17) is 5.11 Å². The van der Waals surface area contributed by atoms with Gasteiger partial charge in [0.15, 0.2) is 0 Å². The molecule has 1 aromatic carbocycles. The number of carbonyl (C=O) groups excluding carboxylic acids is 1.